The summed E-state index contributed by atoms with van der Waals surface area (Å²) < 4.78 is 5.98. The molecule has 160 valence electrons. The quantitative estimate of drug-likeness (QED) is 0.341. The van der Waals surface area contributed by atoms with Crippen molar-refractivity contribution >= 4 is 29.9 Å². The van der Waals surface area contributed by atoms with Crippen LogP contribution in [0.2, 0.25) is 0 Å². The lowest BCUT2D eigenvalue weighted by Crippen LogP contribution is -2.55. The summed E-state index contributed by atoms with van der Waals surface area (Å²) in [6.45, 7) is 13.9. The molecule has 1 aromatic carbocycles. The monoisotopic (exact) mass is 503 g/mol. The normalized spacial score (nSPS) is 18.7. The number of hydrogen-bond donors (Lipinski definition) is 2. The standard InChI is InChI=1S/C21H37N5O.HI/c1-7-22-21(24-14-19-15-25(5)10-11-26(19)6)23-13-18-9-8-17(4)12-20(18)27-16(2)3;/h8-9,12,16,19H,7,10-11,13-15H2,1-6H3,(H2,22,23,24);1H. The Morgan fingerprint density at radius 3 is 2.68 bits per heavy atom. The molecule has 0 aromatic heterocycles. The Hall–Kier alpha value is -1.06. The molecule has 0 radical (unpaired) electrons. The number of aryl methyl sites for hydroxylation is 1. The van der Waals surface area contributed by atoms with Crippen molar-refractivity contribution < 1.29 is 4.74 Å². The van der Waals surface area contributed by atoms with Gasteiger partial charge in [-0.15, -0.1) is 24.0 Å². The fraction of sp³-hybridized carbons (Fsp3) is 0.667. The summed E-state index contributed by atoms with van der Waals surface area (Å²) in [6.07, 6.45) is 0.153. The van der Waals surface area contributed by atoms with Crippen LogP contribution < -0.4 is 15.4 Å². The number of likely N-dealkylation sites (N-methyl/N-ethyl adjacent to an activating group) is 2. The van der Waals surface area contributed by atoms with Gasteiger partial charge in [0.25, 0.3) is 0 Å². The second-order valence-corrected chi connectivity index (χ2v) is 7.75. The molecule has 0 aliphatic carbocycles. The van der Waals surface area contributed by atoms with E-state index in [9.17, 15) is 0 Å². The minimum absolute atomic E-state index is 0. The van der Waals surface area contributed by atoms with Crippen LogP contribution in [0.15, 0.2) is 23.2 Å². The Labute approximate surface area is 188 Å². The van der Waals surface area contributed by atoms with Crippen LogP contribution in [0.3, 0.4) is 0 Å². The first-order chi connectivity index (χ1) is 12.9. The van der Waals surface area contributed by atoms with Gasteiger partial charge in [0.05, 0.1) is 12.6 Å². The van der Waals surface area contributed by atoms with E-state index >= 15 is 0 Å². The van der Waals surface area contributed by atoms with E-state index in [1.807, 2.05) is 0 Å². The predicted octanol–water partition coefficient (Wildman–Crippen LogP) is 2.70. The largest absolute Gasteiger partial charge is 0.491 e. The minimum Gasteiger partial charge on any atom is -0.491 e. The molecule has 1 aliphatic rings. The molecule has 6 nitrogen and oxygen atoms in total. The highest BCUT2D eigenvalue weighted by Crippen LogP contribution is 2.22. The molecule has 2 rings (SSSR count). The van der Waals surface area contributed by atoms with E-state index in [4.69, 9.17) is 9.73 Å². The third kappa shape index (κ3) is 8.13. The second-order valence-electron chi connectivity index (χ2n) is 7.75. The maximum Gasteiger partial charge on any atom is 0.191 e. The van der Waals surface area contributed by atoms with Gasteiger partial charge in [0.2, 0.25) is 0 Å². The number of benzene rings is 1. The fourth-order valence-corrected chi connectivity index (χ4v) is 3.20. The number of guanidine groups is 1. The van der Waals surface area contributed by atoms with Crippen LogP contribution in [-0.2, 0) is 6.54 Å². The number of piperazine rings is 1. The van der Waals surface area contributed by atoms with Gasteiger partial charge >= 0.3 is 0 Å². The van der Waals surface area contributed by atoms with Crippen molar-refractivity contribution in [1.29, 1.82) is 0 Å². The molecular formula is C21H38IN5O. The van der Waals surface area contributed by atoms with Crippen LogP contribution in [0.25, 0.3) is 0 Å². The lowest BCUT2D eigenvalue weighted by molar-refractivity contribution is 0.116. The third-order valence-corrected chi connectivity index (χ3v) is 4.82. The molecule has 0 spiro atoms. The summed E-state index contributed by atoms with van der Waals surface area (Å²) in [6, 6.07) is 6.82. The zero-order valence-electron chi connectivity index (χ0n) is 18.3. The van der Waals surface area contributed by atoms with Crippen LogP contribution in [-0.4, -0.2) is 74.7 Å². The minimum atomic E-state index is 0. The predicted molar refractivity (Wildman–Crippen MR) is 129 cm³/mol. The zero-order valence-corrected chi connectivity index (χ0v) is 20.6. The smallest absolute Gasteiger partial charge is 0.191 e. The molecule has 1 unspecified atom stereocenters. The number of ether oxygens (including phenoxy) is 1. The van der Waals surface area contributed by atoms with E-state index in [0.29, 0.717) is 12.6 Å². The van der Waals surface area contributed by atoms with Gasteiger partial charge in [0.1, 0.15) is 5.75 Å². The molecule has 1 fully saturated rings. The van der Waals surface area contributed by atoms with E-state index < -0.39 is 0 Å². The molecule has 2 N–H and O–H groups in total. The summed E-state index contributed by atoms with van der Waals surface area (Å²) in [5, 5.41) is 6.87. The van der Waals surface area contributed by atoms with Crippen LogP contribution in [0, 0.1) is 6.92 Å². The number of hydrogen-bond acceptors (Lipinski definition) is 4. The lowest BCUT2D eigenvalue weighted by atomic mass is 10.1. The number of halogens is 1. The summed E-state index contributed by atoms with van der Waals surface area (Å²) in [4.78, 5) is 9.60. The number of rotatable bonds is 7. The van der Waals surface area contributed by atoms with Crippen molar-refractivity contribution in [2.75, 3.05) is 46.8 Å². The summed E-state index contributed by atoms with van der Waals surface area (Å²) in [7, 11) is 4.39. The maximum absolute atomic E-state index is 5.98. The molecule has 1 aliphatic heterocycles. The van der Waals surface area contributed by atoms with Gasteiger partial charge in [-0.25, -0.2) is 4.99 Å². The highest BCUT2D eigenvalue weighted by molar-refractivity contribution is 14.0. The third-order valence-electron chi connectivity index (χ3n) is 4.82. The van der Waals surface area contributed by atoms with Crippen molar-refractivity contribution in [2.45, 2.75) is 46.4 Å². The van der Waals surface area contributed by atoms with Gasteiger partial charge < -0.3 is 20.3 Å². The lowest BCUT2D eigenvalue weighted by Gasteiger charge is -2.37. The van der Waals surface area contributed by atoms with Gasteiger partial charge in [-0.3, -0.25) is 4.90 Å². The molecule has 0 bridgehead atoms. The van der Waals surface area contributed by atoms with E-state index in [2.05, 4.69) is 80.4 Å². The van der Waals surface area contributed by atoms with Gasteiger partial charge in [0.15, 0.2) is 5.96 Å². The molecule has 1 atom stereocenters. The first-order valence-electron chi connectivity index (χ1n) is 10.1. The molecular weight excluding hydrogens is 465 g/mol. The Balaban J connectivity index is 0.00000392. The molecule has 1 saturated heterocycles. The van der Waals surface area contributed by atoms with Gasteiger partial charge in [-0.05, 0) is 53.4 Å². The van der Waals surface area contributed by atoms with Crippen LogP contribution >= 0.6 is 24.0 Å². The molecule has 1 heterocycles. The Kier molecular flexibility index (Phi) is 11.1. The first kappa shape index (κ1) is 25.0. The second kappa shape index (κ2) is 12.5. The summed E-state index contributed by atoms with van der Waals surface area (Å²) in [5.74, 6) is 1.79. The van der Waals surface area contributed by atoms with E-state index in [0.717, 1.165) is 50.0 Å². The van der Waals surface area contributed by atoms with Crippen LogP contribution in [0.5, 0.6) is 5.75 Å². The van der Waals surface area contributed by atoms with Gasteiger partial charge in [0, 0.05) is 44.3 Å². The van der Waals surface area contributed by atoms with Gasteiger partial charge in [-0.2, -0.15) is 0 Å². The Morgan fingerprint density at radius 1 is 1.25 bits per heavy atom. The van der Waals surface area contributed by atoms with Gasteiger partial charge in [-0.1, -0.05) is 12.1 Å². The summed E-state index contributed by atoms with van der Waals surface area (Å²) >= 11 is 0. The average molecular weight is 503 g/mol. The number of nitrogens with one attached hydrogen (secondary N) is 2. The molecule has 7 heteroatoms. The summed E-state index contributed by atoms with van der Waals surface area (Å²) in [5.41, 5.74) is 2.31. The maximum atomic E-state index is 5.98. The van der Waals surface area contributed by atoms with Crippen molar-refractivity contribution in [3.63, 3.8) is 0 Å². The van der Waals surface area contributed by atoms with Crippen LogP contribution in [0.1, 0.15) is 31.9 Å². The number of aliphatic imine (C=N–C) groups is 1. The SMILES string of the molecule is CCNC(=NCc1ccc(C)cc1OC(C)C)NCC1CN(C)CCN1C.I. The first-order valence-corrected chi connectivity index (χ1v) is 10.1. The van der Waals surface area contributed by atoms with Crippen molar-refractivity contribution in [1.82, 2.24) is 20.4 Å². The molecule has 0 saturated carbocycles. The van der Waals surface area contributed by atoms with Crippen molar-refractivity contribution in [3.8, 4) is 5.75 Å². The van der Waals surface area contributed by atoms with Crippen LogP contribution in [0.4, 0.5) is 0 Å². The fourth-order valence-electron chi connectivity index (χ4n) is 3.20. The molecule has 1 aromatic rings. The average Bonchev–Trinajstić information content (AvgIpc) is 2.60. The number of nitrogens with zero attached hydrogens (tertiary/aromatic N) is 3. The molecule has 28 heavy (non-hydrogen) atoms. The van der Waals surface area contributed by atoms with E-state index in [1.54, 1.807) is 0 Å². The van der Waals surface area contributed by atoms with E-state index in [-0.39, 0.29) is 30.1 Å². The zero-order chi connectivity index (χ0) is 19.8. The Morgan fingerprint density at radius 2 is 2.00 bits per heavy atom. The Bertz CT molecular complexity index is 623. The van der Waals surface area contributed by atoms with E-state index in [1.165, 1.54) is 5.56 Å². The highest BCUT2D eigenvalue weighted by Gasteiger charge is 2.22. The topological polar surface area (TPSA) is 52.1 Å². The van der Waals surface area contributed by atoms with Crippen molar-refractivity contribution in [3.05, 3.63) is 29.3 Å². The molecule has 0 amide bonds. The van der Waals surface area contributed by atoms with Crippen molar-refractivity contribution in [2.24, 2.45) is 4.99 Å². The highest BCUT2D eigenvalue weighted by atomic mass is 127.